The van der Waals surface area contributed by atoms with Crippen molar-refractivity contribution in [3.63, 3.8) is 0 Å². The van der Waals surface area contributed by atoms with Crippen molar-refractivity contribution in [3.8, 4) is 5.75 Å². The van der Waals surface area contributed by atoms with Crippen molar-refractivity contribution < 1.29 is 14.6 Å². The number of amides is 1. The highest BCUT2D eigenvalue weighted by Gasteiger charge is 2.27. The number of carbonyl (C=O) groups is 1. The average molecular weight is 480 g/mol. The second kappa shape index (κ2) is 10.8. The van der Waals surface area contributed by atoms with Crippen LogP contribution in [0, 0.1) is 0 Å². The molecule has 3 heterocycles. The molecule has 188 valence electrons. The maximum atomic E-state index is 13.0. The molecule has 5 rings (SSSR count). The minimum Gasteiger partial charge on any atom is -0.491 e. The molecule has 0 aliphatic carbocycles. The van der Waals surface area contributed by atoms with Gasteiger partial charge in [0.2, 0.25) is 0 Å². The van der Waals surface area contributed by atoms with Crippen LogP contribution in [0.25, 0.3) is 0 Å². The van der Waals surface area contributed by atoms with Gasteiger partial charge in [0, 0.05) is 87.8 Å². The standard InChI is InChI=1S/C27H37N5O3/c1-29-9-13-32(14-10-29)25-3-2-4-26-24(25)19-22(20-35-26)28-27(34)21-5-7-23(8-6-21)31-15-11-30(12-16-31)17-18-33/h2-8,22,33H,9-20H2,1H3,(H,28,34)/t22-/m0/s1. The zero-order chi connectivity index (χ0) is 24.2. The summed E-state index contributed by atoms with van der Waals surface area (Å²) < 4.78 is 6.07. The van der Waals surface area contributed by atoms with Gasteiger partial charge in [-0.1, -0.05) is 6.07 Å². The van der Waals surface area contributed by atoms with E-state index in [1.54, 1.807) is 0 Å². The Balaban J connectivity index is 1.19. The molecule has 3 aliphatic rings. The van der Waals surface area contributed by atoms with Gasteiger partial charge in [-0.3, -0.25) is 9.69 Å². The van der Waals surface area contributed by atoms with Crippen LogP contribution in [-0.2, 0) is 6.42 Å². The van der Waals surface area contributed by atoms with Gasteiger partial charge in [-0.2, -0.15) is 0 Å². The molecular formula is C27H37N5O3. The quantitative estimate of drug-likeness (QED) is 0.647. The average Bonchev–Trinajstić information content (AvgIpc) is 2.89. The summed E-state index contributed by atoms with van der Waals surface area (Å²) in [6.45, 7) is 9.31. The number of aliphatic hydroxyl groups is 1. The first-order valence-corrected chi connectivity index (χ1v) is 12.8. The summed E-state index contributed by atoms with van der Waals surface area (Å²) in [4.78, 5) is 22.4. The Morgan fingerprint density at radius 3 is 2.40 bits per heavy atom. The Morgan fingerprint density at radius 1 is 0.971 bits per heavy atom. The van der Waals surface area contributed by atoms with Crippen LogP contribution in [-0.4, -0.2) is 106 Å². The van der Waals surface area contributed by atoms with Gasteiger partial charge in [0.1, 0.15) is 12.4 Å². The molecule has 2 aromatic carbocycles. The van der Waals surface area contributed by atoms with Crippen LogP contribution in [0.2, 0.25) is 0 Å². The zero-order valence-electron chi connectivity index (χ0n) is 20.7. The van der Waals surface area contributed by atoms with E-state index < -0.39 is 0 Å². The normalized spacial score (nSPS) is 21.4. The number of anilines is 2. The fourth-order valence-electron chi connectivity index (χ4n) is 5.29. The van der Waals surface area contributed by atoms with Gasteiger partial charge >= 0.3 is 0 Å². The van der Waals surface area contributed by atoms with Gasteiger partial charge < -0.3 is 29.9 Å². The summed E-state index contributed by atoms with van der Waals surface area (Å²) in [5.74, 6) is 0.883. The lowest BCUT2D eigenvalue weighted by Crippen LogP contribution is -2.47. The summed E-state index contributed by atoms with van der Waals surface area (Å²) in [6, 6.07) is 14.1. The van der Waals surface area contributed by atoms with Gasteiger partial charge in [-0.25, -0.2) is 0 Å². The molecule has 35 heavy (non-hydrogen) atoms. The molecule has 0 unspecified atom stereocenters. The van der Waals surface area contributed by atoms with Crippen molar-refractivity contribution in [1.29, 1.82) is 0 Å². The molecular weight excluding hydrogens is 442 g/mol. The van der Waals surface area contributed by atoms with Crippen molar-refractivity contribution in [2.24, 2.45) is 0 Å². The minimum absolute atomic E-state index is 0.0529. The van der Waals surface area contributed by atoms with Crippen LogP contribution < -0.4 is 19.9 Å². The molecule has 0 bridgehead atoms. The molecule has 0 spiro atoms. The number of carbonyl (C=O) groups excluding carboxylic acids is 1. The molecule has 2 fully saturated rings. The van der Waals surface area contributed by atoms with E-state index >= 15 is 0 Å². The fourth-order valence-corrected chi connectivity index (χ4v) is 5.29. The molecule has 0 radical (unpaired) electrons. The first-order valence-electron chi connectivity index (χ1n) is 12.8. The first-order chi connectivity index (χ1) is 17.1. The van der Waals surface area contributed by atoms with Crippen molar-refractivity contribution >= 4 is 17.3 Å². The van der Waals surface area contributed by atoms with E-state index in [4.69, 9.17) is 9.84 Å². The highest BCUT2D eigenvalue weighted by molar-refractivity contribution is 5.94. The molecule has 8 heteroatoms. The lowest BCUT2D eigenvalue weighted by Gasteiger charge is -2.37. The first kappa shape index (κ1) is 23.9. The number of nitrogens with one attached hydrogen (secondary N) is 1. The van der Waals surface area contributed by atoms with Crippen LogP contribution in [0.1, 0.15) is 15.9 Å². The fraction of sp³-hybridized carbons (Fsp3) is 0.519. The monoisotopic (exact) mass is 479 g/mol. The Labute approximate surface area is 208 Å². The van der Waals surface area contributed by atoms with E-state index in [9.17, 15) is 4.79 Å². The number of benzene rings is 2. The highest BCUT2D eigenvalue weighted by atomic mass is 16.5. The second-order valence-corrected chi connectivity index (χ2v) is 9.83. The molecule has 2 aromatic rings. The molecule has 8 nitrogen and oxygen atoms in total. The number of hydrogen-bond donors (Lipinski definition) is 2. The molecule has 1 amide bonds. The van der Waals surface area contributed by atoms with E-state index in [-0.39, 0.29) is 18.6 Å². The van der Waals surface area contributed by atoms with Crippen LogP contribution >= 0.6 is 0 Å². The number of nitrogens with zero attached hydrogens (tertiary/aromatic N) is 4. The number of β-amino-alcohol motifs (C(OH)–C–C–N with tert-alkyl or cyclic N) is 1. The number of aliphatic hydroxyl groups excluding tert-OH is 1. The lowest BCUT2D eigenvalue weighted by molar-refractivity contribution is 0.0915. The van der Waals surface area contributed by atoms with E-state index in [2.05, 4.69) is 44.1 Å². The van der Waals surface area contributed by atoms with Crippen LogP contribution in [0.3, 0.4) is 0 Å². The van der Waals surface area contributed by atoms with Gasteiger partial charge in [-0.15, -0.1) is 0 Å². The van der Waals surface area contributed by atoms with Gasteiger partial charge in [0.25, 0.3) is 5.91 Å². The molecule has 1 atom stereocenters. The summed E-state index contributed by atoms with van der Waals surface area (Å²) >= 11 is 0. The number of fused-ring (bicyclic) bond motifs is 1. The van der Waals surface area contributed by atoms with E-state index in [0.29, 0.717) is 12.2 Å². The van der Waals surface area contributed by atoms with Crippen molar-refractivity contribution in [2.75, 3.05) is 89.0 Å². The number of likely N-dealkylation sites (N-methyl/N-ethyl adjacent to an activating group) is 1. The van der Waals surface area contributed by atoms with Crippen molar-refractivity contribution in [1.82, 2.24) is 15.1 Å². The third-order valence-electron chi connectivity index (χ3n) is 7.46. The Bertz CT molecular complexity index is 998. The topological polar surface area (TPSA) is 71.5 Å². The maximum absolute atomic E-state index is 13.0. The van der Waals surface area contributed by atoms with E-state index in [1.165, 1.54) is 11.3 Å². The molecule has 0 aromatic heterocycles. The summed E-state index contributed by atoms with van der Waals surface area (Å²) in [6.07, 6.45) is 0.778. The maximum Gasteiger partial charge on any atom is 0.251 e. The Morgan fingerprint density at radius 2 is 1.69 bits per heavy atom. The zero-order valence-corrected chi connectivity index (χ0v) is 20.7. The summed E-state index contributed by atoms with van der Waals surface area (Å²) in [5.41, 5.74) is 4.24. The lowest BCUT2D eigenvalue weighted by atomic mass is 9.99. The third-order valence-corrected chi connectivity index (χ3v) is 7.46. The smallest absolute Gasteiger partial charge is 0.251 e. The predicted molar refractivity (Wildman–Crippen MR) is 139 cm³/mol. The summed E-state index contributed by atoms with van der Waals surface area (Å²) in [5, 5.41) is 12.3. The van der Waals surface area contributed by atoms with Gasteiger partial charge in [-0.05, 0) is 43.4 Å². The minimum atomic E-state index is -0.0570. The van der Waals surface area contributed by atoms with Crippen LogP contribution in [0.4, 0.5) is 11.4 Å². The summed E-state index contributed by atoms with van der Waals surface area (Å²) in [7, 11) is 2.16. The number of hydrogen-bond acceptors (Lipinski definition) is 7. The van der Waals surface area contributed by atoms with E-state index in [1.807, 2.05) is 30.3 Å². The number of ether oxygens (including phenoxy) is 1. The molecule has 3 aliphatic heterocycles. The van der Waals surface area contributed by atoms with Crippen LogP contribution in [0.15, 0.2) is 42.5 Å². The second-order valence-electron chi connectivity index (χ2n) is 9.83. The Kier molecular flexibility index (Phi) is 7.41. The van der Waals surface area contributed by atoms with Gasteiger partial charge in [0.05, 0.1) is 12.6 Å². The molecule has 2 N–H and O–H groups in total. The van der Waals surface area contributed by atoms with Crippen molar-refractivity contribution in [2.45, 2.75) is 12.5 Å². The predicted octanol–water partition coefficient (Wildman–Crippen LogP) is 1.29. The highest BCUT2D eigenvalue weighted by Crippen LogP contribution is 2.34. The molecule has 2 saturated heterocycles. The van der Waals surface area contributed by atoms with Crippen LogP contribution in [0.5, 0.6) is 5.75 Å². The third kappa shape index (κ3) is 5.55. The molecule has 0 saturated carbocycles. The Hall–Kier alpha value is -2.81. The largest absolute Gasteiger partial charge is 0.491 e. The SMILES string of the molecule is CN1CCN(c2cccc3c2C[C@H](NC(=O)c2ccc(N4CCN(CCO)CC4)cc2)CO3)CC1. The van der Waals surface area contributed by atoms with E-state index in [0.717, 1.165) is 76.8 Å². The number of piperazine rings is 2. The van der Waals surface area contributed by atoms with Gasteiger partial charge in [0.15, 0.2) is 0 Å². The number of rotatable bonds is 6. The van der Waals surface area contributed by atoms with Crippen molar-refractivity contribution in [3.05, 3.63) is 53.6 Å².